The maximum atomic E-state index is 13.2. The summed E-state index contributed by atoms with van der Waals surface area (Å²) in [7, 11) is 0. The highest BCUT2D eigenvalue weighted by molar-refractivity contribution is 6.42. The Morgan fingerprint density at radius 3 is 2.58 bits per heavy atom. The molecule has 1 aromatic heterocycles. The maximum Gasteiger partial charge on any atom is 0.413 e. The summed E-state index contributed by atoms with van der Waals surface area (Å²) in [5.41, 5.74) is 1.73. The van der Waals surface area contributed by atoms with Gasteiger partial charge in [-0.15, -0.1) is 0 Å². The van der Waals surface area contributed by atoms with E-state index in [-0.39, 0.29) is 18.1 Å². The largest absolute Gasteiger partial charge is 0.465 e. The van der Waals surface area contributed by atoms with Crippen molar-refractivity contribution in [1.82, 2.24) is 9.88 Å². The van der Waals surface area contributed by atoms with Crippen molar-refractivity contribution in [3.8, 4) is 0 Å². The van der Waals surface area contributed by atoms with Crippen molar-refractivity contribution in [3.63, 3.8) is 0 Å². The smallest absolute Gasteiger partial charge is 0.413 e. The van der Waals surface area contributed by atoms with E-state index < -0.39 is 11.6 Å². The van der Waals surface area contributed by atoms with Gasteiger partial charge in [-0.1, -0.05) is 23.2 Å². The lowest BCUT2D eigenvalue weighted by Crippen LogP contribution is -2.48. The van der Waals surface area contributed by atoms with Crippen LogP contribution in [0.1, 0.15) is 50.8 Å². The van der Waals surface area contributed by atoms with E-state index in [9.17, 15) is 14.7 Å². The van der Waals surface area contributed by atoms with E-state index in [0.29, 0.717) is 28.0 Å². The Bertz CT molecular complexity index is 1050. The number of hydrogen-bond donors (Lipinski definition) is 2. The number of urea groups is 1. The topological polar surface area (TPSA) is 85.8 Å². The molecule has 2 N–H and O–H groups in total. The molecule has 2 aromatic rings. The molecule has 3 heterocycles. The number of amides is 3. The fourth-order valence-corrected chi connectivity index (χ4v) is 4.90. The van der Waals surface area contributed by atoms with Crippen molar-refractivity contribution in [1.29, 1.82) is 0 Å². The van der Waals surface area contributed by atoms with E-state index in [0.717, 1.165) is 24.0 Å². The SMILES string of the molecule is CC(C)(C)N(C(=O)O)c1nccc2c1C1CCC(C2)N1C(=O)Nc1ccc(Cl)c(Cl)c1. The van der Waals surface area contributed by atoms with Gasteiger partial charge < -0.3 is 15.3 Å². The van der Waals surface area contributed by atoms with Gasteiger partial charge in [0.25, 0.3) is 0 Å². The second-order valence-electron chi connectivity index (χ2n) is 8.91. The highest BCUT2D eigenvalue weighted by Gasteiger charge is 2.46. The number of nitrogens with zero attached hydrogens (tertiary/aromatic N) is 3. The molecule has 2 aliphatic rings. The molecule has 164 valence electrons. The zero-order valence-corrected chi connectivity index (χ0v) is 19.0. The quantitative estimate of drug-likeness (QED) is 0.575. The second kappa shape index (κ2) is 7.88. The Kier molecular flexibility index (Phi) is 5.52. The van der Waals surface area contributed by atoms with Crippen molar-refractivity contribution in [2.45, 2.75) is 57.7 Å². The number of hydrogen-bond acceptors (Lipinski definition) is 3. The summed E-state index contributed by atoms with van der Waals surface area (Å²) >= 11 is 12.1. The van der Waals surface area contributed by atoms with Crippen molar-refractivity contribution in [2.75, 3.05) is 10.2 Å². The van der Waals surface area contributed by atoms with Crippen LogP contribution < -0.4 is 10.2 Å². The van der Waals surface area contributed by atoms with Gasteiger partial charge in [-0.3, -0.25) is 4.90 Å². The molecule has 4 rings (SSSR count). The summed E-state index contributed by atoms with van der Waals surface area (Å²) in [4.78, 5) is 32.9. The van der Waals surface area contributed by atoms with Gasteiger partial charge in [0.05, 0.1) is 16.1 Å². The zero-order chi connectivity index (χ0) is 22.5. The Hall–Kier alpha value is -2.51. The molecule has 2 bridgehead atoms. The standard InChI is InChI=1S/C22H24Cl2N4O3/c1-22(2,3)28(21(30)31)19-18-12(8-9-25-19)10-14-5-7-17(18)27(14)20(29)26-13-4-6-15(23)16(24)11-13/h4,6,8-9,11,14,17H,5,7,10H2,1-3H3,(H,26,29)(H,30,31). The lowest BCUT2D eigenvalue weighted by atomic mass is 9.93. The van der Waals surface area contributed by atoms with E-state index in [2.05, 4.69) is 10.3 Å². The first-order valence-corrected chi connectivity index (χ1v) is 10.9. The number of halogens is 2. The number of fused-ring (bicyclic) bond motifs is 4. The molecule has 3 amide bonds. The van der Waals surface area contributed by atoms with Crippen LogP contribution in [0, 0.1) is 0 Å². The number of nitrogens with one attached hydrogen (secondary N) is 1. The van der Waals surface area contributed by atoms with E-state index in [1.165, 1.54) is 4.90 Å². The summed E-state index contributed by atoms with van der Waals surface area (Å²) in [6.45, 7) is 5.49. The highest BCUT2D eigenvalue weighted by Crippen LogP contribution is 2.47. The second-order valence-corrected chi connectivity index (χ2v) is 9.73. The summed E-state index contributed by atoms with van der Waals surface area (Å²) < 4.78 is 0. The molecule has 0 saturated carbocycles. The monoisotopic (exact) mass is 462 g/mol. The number of pyridine rings is 1. The molecule has 1 fully saturated rings. The number of carbonyl (C=O) groups excluding carboxylic acids is 1. The first-order chi connectivity index (χ1) is 14.6. The molecule has 2 aliphatic heterocycles. The van der Waals surface area contributed by atoms with Crippen LogP contribution in [-0.4, -0.2) is 38.7 Å². The molecule has 7 nitrogen and oxygen atoms in total. The minimum Gasteiger partial charge on any atom is -0.465 e. The average Bonchev–Trinajstić information content (AvgIpc) is 2.97. The molecule has 31 heavy (non-hydrogen) atoms. The Balaban J connectivity index is 1.70. The third kappa shape index (κ3) is 3.92. The van der Waals surface area contributed by atoms with E-state index in [4.69, 9.17) is 23.2 Å². The molecule has 1 saturated heterocycles. The Morgan fingerprint density at radius 2 is 1.94 bits per heavy atom. The number of anilines is 2. The Morgan fingerprint density at radius 1 is 1.19 bits per heavy atom. The zero-order valence-electron chi connectivity index (χ0n) is 17.5. The summed E-state index contributed by atoms with van der Waals surface area (Å²) in [6, 6.07) is 6.43. The van der Waals surface area contributed by atoms with Gasteiger partial charge in [-0.25, -0.2) is 14.6 Å². The highest BCUT2D eigenvalue weighted by atomic mass is 35.5. The van der Waals surface area contributed by atoms with Crippen molar-refractivity contribution in [2.24, 2.45) is 0 Å². The summed E-state index contributed by atoms with van der Waals surface area (Å²) in [5, 5.41) is 13.6. The number of rotatable bonds is 2. The maximum absolute atomic E-state index is 13.2. The van der Waals surface area contributed by atoms with Gasteiger partial charge in [0.2, 0.25) is 0 Å². The number of benzene rings is 1. The molecule has 0 radical (unpaired) electrons. The van der Waals surface area contributed by atoms with Crippen LogP contribution in [0.2, 0.25) is 10.0 Å². The van der Waals surface area contributed by atoms with Crippen molar-refractivity contribution < 1.29 is 14.7 Å². The number of carboxylic acid groups (broad SMARTS) is 1. The average molecular weight is 463 g/mol. The van der Waals surface area contributed by atoms with Crippen LogP contribution in [-0.2, 0) is 6.42 Å². The minimum atomic E-state index is -1.07. The molecular formula is C22H24Cl2N4O3. The molecule has 9 heteroatoms. The summed E-state index contributed by atoms with van der Waals surface area (Å²) in [5.74, 6) is 0.398. The molecule has 0 aliphatic carbocycles. The lowest BCUT2D eigenvalue weighted by molar-refractivity contribution is 0.179. The van der Waals surface area contributed by atoms with Crippen LogP contribution in [0.15, 0.2) is 30.5 Å². The fourth-order valence-electron chi connectivity index (χ4n) is 4.61. The molecule has 0 spiro atoms. The first-order valence-electron chi connectivity index (χ1n) is 10.1. The number of carbonyl (C=O) groups is 2. The van der Waals surface area contributed by atoms with Gasteiger partial charge >= 0.3 is 12.1 Å². The van der Waals surface area contributed by atoms with E-state index >= 15 is 0 Å². The first kappa shape index (κ1) is 21.7. The number of aromatic nitrogens is 1. The van der Waals surface area contributed by atoms with E-state index in [1.54, 1.807) is 24.4 Å². The third-order valence-corrected chi connectivity index (χ3v) is 6.57. The lowest BCUT2D eigenvalue weighted by Gasteiger charge is -2.40. The van der Waals surface area contributed by atoms with Crippen LogP contribution in [0.3, 0.4) is 0 Å². The van der Waals surface area contributed by atoms with Gasteiger partial charge in [0.15, 0.2) is 0 Å². The summed E-state index contributed by atoms with van der Waals surface area (Å²) in [6.07, 6.45) is 2.84. The van der Waals surface area contributed by atoms with Crippen LogP contribution >= 0.6 is 23.2 Å². The van der Waals surface area contributed by atoms with Gasteiger partial charge in [0.1, 0.15) is 5.82 Å². The fraction of sp³-hybridized carbons (Fsp3) is 0.409. The van der Waals surface area contributed by atoms with Crippen LogP contribution in [0.25, 0.3) is 0 Å². The predicted molar refractivity (Wildman–Crippen MR) is 121 cm³/mol. The molecular weight excluding hydrogens is 439 g/mol. The van der Waals surface area contributed by atoms with Crippen LogP contribution in [0.5, 0.6) is 0 Å². The van der Waals surface area contributed by atoms with Gasteiger partial charge in [0, 0.05) is 29.0 Å². The third-order valence-electron chi connectivity index (χ3n) is 5.83. The van der Waals surface area contributed by atoms with Crippen molar-refractivity contribution >= 4 is 46.8 Å². The van der Waals surface area contributed by atoms with Crippen molar-refractivity contribution in [3.05, 3.63) is 51.6 Å². The van der Waals surface area contributed by atoms with Crippen LogP contribution in [0.4, 0.5) is 21.1 Å². The molecule has 2 atom stereocenters. The molecule has 2 unspecified atom stereocenters. The minimum absolute atomic E-state index is 0.0448. The normalized spacial score (nSPS) is 19.7. The van der Waals surface area contributed by atoms with Gasteiger partial charge in [-0.2, -0.15) is 0 Å². The van der Waals surface area contributed by atoms with E-state index in [1.807, 2.05) is 31.7 Å². The van der Waals surface area contributed by atoms with Gasteiger partial charge in [-0.05, 0) is 69.9 Å². The molecule has 1 aromatic carbocycles. The Labute approximate surface area is 191 Å². The predicted octanol–water partition coefficient (Wildman–Crippen LogP) is 5.97.